The average molecular weight is 296 g/mol. The third-order valence-corrected chi connectivity index (χ3v) is 5.60. The molecule has 0 spiro atoms. The molecule has 0 N–H and O–H groups in total. The van der Waals surface area contributed by atoms with Crippen LogP contribution in [0.3, 0.4) is 0 Å². The van der Waals surface area contributed by atoms with Gasteiger partial charge in [-0.3, -0.25) is 4.79 Å². The second kappa shape index (κ2) is 5.76. The van der Waals surface area contributed by atoms with Gasteiger partial charge in [0.05, 0.1) is 5.75 Å². The fourth-order valence-corrected chi connectivity index (χ4v) is 4.69. The number of halogens is 1. The van der Waals surface area contributed by atoms with Crippen molar-refractivity contribution in [1.82, 2.24) is 4.90 Å². The molecule has 1 aromatic carbocycles. The van der Waals surface area contributed by atoms with Crippen molar-refractivity contribution in [3.63, 3.8) is 0 Å². The van der Waals surface area contributed by atoms with E-state index >= 15 is 0 Å². The van der Waals surface area contributed by atoms with Crippen molar-refractivity contribution in [1.29, 1.82) is 0 Å². The van der Waals surface area contributed by atoms with E-state index in [1.54, 1.807) is 11.8 Å². The Morgan fingerprint density at radius 1 is 1.16 bits per heavy atom. The van der Waals surface area contributed by atoms with Gasteiger partial charge in [-0.2, -0.15) is 0 Å². The van der Waals surface area contributed by atoms with Gasteiger partial charge in [0.1, 0.15) is 5.37 Å². The van der Waals surface area contributed by atoms with Crippen LogP contribution < -0.4 is 0 Å². The van der Waals surface area contributed by atoms with Crippen LogP contribution in [0.25, 0.3) is 0 Å². The summed E-state index contributed by atoms with van der Waals surface area (Å²) in [6.45, 7) is 0. The van der Waals surface area contributed by atoms with Crippen molar-refractivity contribution in [3.05, 3.63) is 34.9 Å². The maximum atomic E-state index is 12.2. The summed E-state index contributed by atoms with van der Waals surface area (Å²) in [5.74, 6) is 0.869. The van der Waals surface area contributed by atoms with Crippen LogP contribution in [0.2, 0.25) is 5.02 Å². The fourth-order valence-electron chi connectivity index (χ4n) is 3.11. The molecule has 1 amide bonds. The highest BCUT2D eigenvalue weighted by Crippen LogP contribution is 2.44. The molecule has 1 heterocycles. The minimum Gasteiger partial charge on any atom is -0.323 e. The molecule has 0 radical (unpaired) electrons. The smallest absolute Gasteiger partial charge is 0.234 e. The molecule has 1 saturated carbocycles. The Labute approximate surface area is 123 Å². The van der Waals surface area contributed by atoms with Gasteiger partial charge in [-0.05, 0) is 18.9 Å². The molecule has 1 saturated heterocycles. The number of benzene rings is 1. The number of nitrogens with zero attached hydrogens (tertiary/aromatic N) is 1. The van der Waals surface area contributed by atoms with E-state index in [0.717, 1.165) is 23.4 Å². The summed E-state index contributed by atoms with van der Waals surface area (Å²) in [7, 11) is 0. The summed E-state index contributed by atoms with van der Waals surface area (Å²) < 4.78 is 0. The predicted molar refractivity (Wildman–Crippen MR) is 80.4 cm³/mol. The topological polar surface area (TPSA) is 20.3 Å². The highest BCUT2D eigenvalue weighted by atomic mass is 35.5. The van der Waals surface area contributed by atoms with Gasteiger partial charge in [-0.1, -0.05) is 49.1 Å². The van der Waals surface area contributed by atoms with Gasteiger partial charge in [0.15, 0.2) is 0 Å². The summed E-state index contributed by atoms with van der Waals surface area (Å²) in [5.41, 5.74) is 1.09. The van der Waals surface area contributed by atoms with E-state index in [4.69, 9.17) is 11.6 Å². The normalized spacial score (nSPS) is 25.0. The second-order valence-corrected chi connectivity index (χ2v) is 6.75. The first-order valence-corrected chi connectivity index (χ1v) is 8.37. The first kappa shape index (κ1) is 13.3. The molecule has 1 aliphatic heterocycles. The molecule has 0 bridgehead atoms. The van der Waals surface area contributed by atoms with Crippen molar-refractivity contribution in [3.8, 4) is 0 Å². The predicted octanol–water partition coefficient (Wildman–Crippen LogP) is 4.25. The molecule has 0 aromatic heterocycles. The molecular formula is C15H18ClNOS. The van der Waals surface area contributed by atoms with Crippen LogP contribution in [0.5, 0.6) is 0 Å². The SMILES string of the molecule is O=C1CS[C@@H](c2ccccc2Cl)N1C1CCCCC1. The lowest BCUT2D eigenvalue weighted by Gasteiger charge is -2.35. The monoisotopic (exact) mass is 295 g/mol. The second-order valence-electron chi connectivity index (χ2n) is 5.28. The Kier molecular flexibility index (Phi) is 4.04. The highest BCUT2D eigenvalue weighted by Gasteiger charge is 2.38. The first-order chi connectivity index (χ1) is 9.27. The third kappa shape index (κ3) is 2.63. The zero-order valence-electron chi connectivity index (χ0n) is 10.8. The van der Waals surface area contributed by atoms with Crippen LogP contribution in [0.1, 0.15) is 43.0 Å². The summed E-state index contributed by atoms with van der Waals surface area (Å²) in [6.07, 6.45) is 6.09. The molecule has 1 aromatic rings. The van der Waals surface area contributed by atoms with Crippen molar-refractivity contribution in [2.75, 3.05) is 5.75 Å². The van der Waals surface area contributed by atoms with Gasteiger partial charge in [0, 0.05) is 16.6 Å². The molecule has 2 aliphatic rings. The Morgan fingerprint density at radius 3 is 2.63 bits per heavy atom. The van der Waals surface area contributed by atoms with E-state index in [0.29, 0.717) is 11.8 Å². The first-order valence-electron chi connectivity index (χ1n) is 6.94. The molecule has 3 rings (SSSR count). The third-order valence-electron chi connectivity index (χ3n) is 4.04. The lowest BCUT2D eigenvalue weighted by Crippen LogP contribution is -2.39. The van der Waals surface area contributed by atoms with Gasteiger partial charge >= 0.3 is 0 Å². The Morgan fingerprint density at radius 2 is 1.89 bits per heavy atom. The number of hydrogen-bond donors (Lipinski definition) is 0. The number of carbonyl (C=O) groups is 1. The average Bonchev–Trinajstić information content (AvgIpc) is 2.82. The van der Waals surface area contributed by atoms with Crippen LogP contribution in [-0.2, 0) is 4.79 Å². The van der Waals surface area contributed by atoms with Crippen molar-refractivity contribution < 1.29 is 4.79 Å². The summed E-state index contributed by atoms with van der Waals surface area (Å²) in [4.78, 5) is 14.3. The van der Waals surface area contributed by atoms with Crippen molar-refractivity contribution in [2.24, 2.45) is 0 Å². The molecule has 1 aliphatic carbocycles. The minimum absolute atomic E-state index is 0.115. The van der Waals surface area contributed by atoms with Gasteiger partial charge in [-0.25, -0.2) is 0 Å². The summed E-state index contributed by atoms with van der Waals surface area (Å²) in [6, 6.07) is 8.33. The van der Waals surface area contributed by atoms with E-state index in [1.807, 2.05) is 18.2 Å². The van der Waals surface area contributed by atoms with E-state index in [9.17, 15) is 4.79 Å². The molecule has 0 unspecified atom stereocenters. The Bertz CT molecular complexity index is 473. The van der Waals surface area contributed by atoms with Crippen LogP contribution in [0.4, 0.5) is 0 Å². The van der Waals surface area contributed by atoms with Crippen LogP contribution in [-0.4, -0.2) is 22.6 Å². The molecule has 2 nitrogen and oxygen atoms in total. The van der Waals surface area contributed by atoms with Crippen molar-refractivity contribution >= 4 is 29.3 Å². The Hall–Kier alpha value is -0.670. The number of hydrogen-bond acceptors (Lipinski definition) is 2. The van der Waals surface area contributed by atoms with Crippen LogP contribution in [0, 0.1) is 0 Å². The lowest BCUT2D eigenvalue weighted by atomic mass is 9.93. The van der Waals surface area contributed by atoms with Crippen molar-refractivity contribution in [2.45, 2.75) is 43.5 Å². The molecule has 1 atom stereocenters. The maximum Gasteiger partial charge on any atom is 0.234 e. The van der Waals surface area contributed by atoms with E-state index < -0.39 is 0 Å². The number of amides is 1. The summed E-state index contributed by atoms with van der Waals surface area (Å²) >= 11 is 8.02. The Balaban J connectivity index is 1.87. The molecule has 19 heavy (non-hydrogen) atoms. The maximum absolute atomic E-state index is 12.2. The van der Waals surface area contributed by atoms with E-state index in [-0.39, 0.29) is 11.3 Å². The van der Waals surface area contributed by atoms with E-state index in [1.165, 1.54) is 19.3 Å². The van der Waals surface area contributed by atoms with Crippen LogP contribution >= 0.6 is 23.4 Å². The van der Waals surface area contributed by atoms with Gasteiger partial charge in [0.2, 0.25) is 5.91 Å². The van der Waals surface area contributed by atoms with Crippen LogP contribution in [0.15, 0.2) is 24.3 Å². The highest BCUT2D eigenvalue weighted by molar-refractivity contribution is 8.00. The van der Waals surface area contributed by atoms with Gasteiger partial charge < -0.3 is 4.90 Å². The molecular weight excluding hydrogens is 278 g/mol. The summed E-state index contributed by atoms with van der Waals surface area (Å²) in [5, 5.41) is 0.889. The zero-order chi connectivity index (χ0) is 13.2. The van der Waals surface area contributed by atoms with Gasteiger partial charge in [-0.15, -0.1) is 11.8 Å². The number of carbonyl (C=O) groups excluding carboxylic acids is 1. The number of thioether (sulfide) groups is 1. The molecule has 102 valence electrons. The van der Waals surface area contributed by atoms with E-state index in [2.05, 4.69) is 11.0 Å². The largest absolute Gasteiger partial charge is 0.323 e. The molecule has 2 fully saturated rings. The molecule has 4 heteroatoms. The standard InChI is InChI=1S/C15H18ClNOS/c16-13-9-5-4-8-12(13)15-17(14(18)10-19-15)11-6-2-1-3-7-11/h4-5,8-9,11,15H,1-3,6-7,10H2/t15-/m0/s1. The minimum atomic E-state index is 0.115. The van der Waals surface area contributed by atoms with Gasteiger partial charge in [0.25, 0.3) is 0 Å². The zero-order valence-corrected chi connectivity index (χ0v) is 12.4. The number of rotatable bonds is 2. The lowest BCUT2D eigenvalue weighted by molar-refractivity contribution is -0.131. The fraction of sp³-hybridized carbons (Fsp3) is 0.533. The quantitative estimate of drug-likeness (QED) is 0.813.